The lowest BCUT2D eigenvalue weighted by Crippen LogP contribution is -2.27. The third kappa shape index (κ3) is 13.7. The molecule has 0 aromatic rings. The van der Waals surface area contributed by atoms with Crippen molar-refractivity contribution >= 4 is 11.9 Å². The lowest BCUT2D eigenvalue weighted by molar-refractivity contribution is -0.155. The van der Waals surface area contributed by atoms with Crippen molar-refractivity contribution in [2.45, 2.75) is 124 Å². The van der Waals surface area contributed by atoms with E-state index >= 15 is 0 Å². The zero-order valence-corrected chi connectivity index (χ0v) is 18.7. The summed E-state index contributed by atoms with van der Waals surface area (Å²) < 4.78 is 10.6. The van der Waals surface area contributed by atoms with Crippen LogP contribution in [0.2, 0.25) is 0 Å². The van der Waals surface area contributed by atoms with E-state index in [1.807, 2.05) is 27.7 Å². The van der Waals surface area contributed by atoms with Crippen molar-refractivity contribution in [3.63, 3.8) is 0 Å². The minimum Gasteiger partial charge on any atom is -0.463 e. The van der Waals surface area contributed by atoms with Crippen LogP contribution in [0.15, 0.2) is 0 Å². The Morgan fingerprint density at radius 1 is 0.704 bits per heavy atom. The summed E-state index contributed by atoms with van der Waals surface area (Å²) in [5.74, 6) is 0.392. The van der Waals surface area contributed by atoms with Crippen LogP contribution in [-0.2, 0) is 19.1 Å². The first kappa shape index (κ1) is 25.9. The summed E-state index contributed by atoms with van der Waals surface area (Å²) in [6.45, 7) is 11.9. The highest BCUT2D eigenvalue weighted by molar-refractivity contribution is 5.72. The first-order valence-electron chi connectivity index (χ1n) is 11.2. The molecule has 2 atom stereocenters. The fourth-order valence-electron chi connectivity index (χ4n) is 3.58. The summed E-state index contributed by atoms with van der Waals surface area (Å²) >= 11 is 0. The van der Waals surface area contributed by atoms with E-state index in [1.54, 1.807) is 0 Å². The van der Waals surface area contributed by atoms with Crippen LogP contribution < -0.4 is 0 Å². The van der Waals surface area contributed by atoms with E-state index < -0.39 is 0 Å². The van der Waals surface area contributed by atoms with Crippen LogP contribution in [-0.4, -0.2) is 24.1 Å². The molecule has 0 aliphatic carbocycles. The van der Waals surface area contributed by atoms with Crippen LogP contribution in [0, 0.1) is 11.8 Å². The minimum atomic E-state index is -0.0721. The number of carbonyl (C=O) groups excluding carboxylic acids is 2. The lowest BCUT2D eigenvalue weighted by Gasteiger charge is -2.24. The van der Waals surface area contributed by atoms with Gasteiger partial charge in [0.1, 0.15) is 0 Å². The van der Waals surface area contributed by atoms with E-state index in [0.717, 1.165) is 32.1 Å². The van der Waals surface area contributed by atoms with Gasteiger partial charge < -0.3 is 9.47 Å². The van der Waals surface area contributed by atoms with E-state index in [-0.39, 0.29) is 30.1 Å². The van der Waals surface area contributed by atoms with Gasteiger partial charge in [-0.2, -0.15) is 0 Å². The van der Waals surface area contributed by atoms with Gasteiger partial charge in [0, 0.05) is 6.42 Å². The number of carbonyl (C=O) groups is 2. The second-order valence-electron chi connectivity index (χ2n) is 8.22. The maximum Gasteiger partial charge on any atom is 0.309 e. The normalized spacial score (nSPS) is 13.6. The Kier molecular flexibility index (Phi) is 15.3. The van der Waals surface area contributed by atoms with Crippen LogP contribution in [0.1, 0.15) is 112 Å². The fourth-order valence-corrected chi connectivity index (χ4v) is 3.58. The molecule has 4 heteroatoms. The topological polar surface area (TPSA) is 52.6 Å². The number of ether oxygens (including phenoxy) is 2. The molecule has 0 N–H and O–H groups in total. The molecule has 2 unspecified atom stereocenters. The predicted molar refractivity (Wildman–Crippen MR) is 112 cm³/mol. The van der Waals surface area contributed by atoms with Crippen LogP contribution in [0.5, 0.6) is 0 Å². The van der Waals surface area contributed by atoms with Gasteiger partial charge in [0.2, 0.25) is 0 Å². The van der Waals surface area contributed by atoms with Crippen molar-refractivity contribution in [3.05, 3.63) is 0 Å². The first-order valence-corrected chi connectivity index (χ1v) is 11.2. The van der Waals surface area contributed by atoms with Gasteiger partial charge in [-0.25, -0.2) is 0 Å². The monoisotopic (exact) mass is 384 g/mol. The van der Waals surface area contributed by atoms with Crippen molar-refractivity contribution in [1.29, 1.82) is 0 Å². The molecule has 0 heterocycles. The number of hydrogen-bond acceptors (Lipinski definition) is 4. The van der Waals surface area contributed by atoms with Gasteiger partial charge in [-0.15, -0.1) is 0 Å². The first-order chi connectivity index (χ1) is 12.8. The highest BCUT2D eigenvalue weighted by Crippen LogP contribution is 2.27. The Labute approximate surface area is 167 Å². The van der Waals surface area contributed by atoms with Crippen LogP contribution in [0.4, 0.5) is 0 Å². The lowest BCUT2D eigenvalue weighted by atomic mass is 9.84. The Hall–Kier alpha value is -1.06. The van der Waals surface area contributed by atoms with Crippen LogP contribution in [0.25, 0.3) is 0 Å². The molecule has 0 fully saturated rings. The number of hydrogen-bond donors (Lipinski definition) is 0. The molecule has 0 spiro atoms. The summed E-state index contributed by atoms with van der Waals surface area (Å²) in [7, 11) is 0. The van der Waals surface area contributed by atoms with Crippen LogP contribution >= 0.6 is 0 Å². The molecule has 0 saturated heterocycles. The maximum absolute atomic E-state index is 12.3. The van der Waals surface area contributed by atoms with Gasteiger partial charge in [-0.05, 0) is 52.9 Å². The quantitative estimate of drug-likeness (QED) is 0.226. The standard InChI is InChI=1S/C23H44O4/c1-7-20(21(8-2)23(25)27-19(5)6)16-14-12-10-9-11-13-15-17-22(24)26-18(3)4/h18-21H,7-17H2,1-6H3. The smallest absolute Gasteiger partial charge is 0.309 e. The van der Waals surface area contributed by atoms with Crippen molar-refractivity contribution in [1.82, 2.24) is 0 Å². The third-order valence-corrected chi connectivity index (χ3v) is 5.01. The molecular formula is C23H44O4. The van der Waals surface area contributed by atoms with E-state index in [1.165, 1.54) is 32.1 Å². The Morgan fingerprint density at radius 2 is 1.22 bits per heavy atom. The zero-order valence-electron chi connectivity index (χ0n) is 18.7. The van der Waals surface area contributed by atoms with E-state index in [2.05, 4.69) is 13.8 Å². The summed E-state index contributed by atoms with van der Waals surface area (Å²) in [5, 5.41) is 0. The molecule has 0 amide bonds. The van der Waals surface area contributed by atoms with Gasteiger partial charge in [0.25, 0.3) is 0 Å². The summed E-state index contributed by atoms with van der Waals surface area (Å²) in [6.07, 6.45) is 11.6. The Bertz CT molecular complexity index is 390. The highest BCUT2D eigenvalue weighted by atomic mass is 16.5. The van der Waals surface area contributed by atoms with Gasteiger partial charge in [-0.1, -0.05) is 58.8 Å². The van der Waals surface area contributed by atoms with Crippen molar-refractivity contribution < 1.29 is 19.1 Å². The van der Waals surface area contributed by atoms with Crippen molar-refractivity contribution in [3.8, 4) is 0 Å². The van der Waals surface area contributed by atoms with Gasteiger partial charge >= 0.3 is 11.9 Å². The Balaban J connectivity index is 3.82. The number of unbranched alkanes of at least 4 members (excludes halogenated alkanes) is 6. The molecule has 0 bridgehead atoms. The third-order valence-electron chi connectivity index (χ3n) is 5.01. The molecule has 0 radical (unpaired) electrons. The minimum absolute atomic E-state index is 0.0102. The summed E-state index contributed by atoms with van der Waals surface area (Å²) in [6, 6.07) is 0. The van der Waals surface area contributed by atoms with Gasteiger partial charge in [0.15, 0.2) is 0 Å². The summed E-state index contributed by atoms with van der Waals surface area (Å²) in [4.78, 5) is 23.7. The largest absolute Gasteiger partial charge is 0.463 e. The second-order valence-corrected chi connectivity index (χ2v) is 8.22. The van der Waals surface area contributed by atoms with Gasteiger partial charge in [-0.3, -0.25) is 9.59 Å². The second kappa shape index (κ2) is 15.9. The van der Waals surface area contributed by atoms with Crippen molar-refractivity contribution in [2.24, 2.45) is 11.8 Å². The van der Waals surface area contributed by atoms with Gasteiger partial charge in [0.05, 0.1) is 18.1 Å². The van der Waals surface area contributed by atoms with Crippen molar-refractivity contribution in [2.75, 3.05) is 0 Å². The molecule has 0 aromatic heterocycles. The molecule has 160 valence electrons. The molecule has 0 saturated carbocycles. The molecule has 0 rings (SSSR count). The molecule has 0 aliphatic rings. The predicted octanol–water partition coefficient (Wildman–Crippen LogP) is 6.45. The molecule has 0 aromatic carbocycles. The number of rotatable bonds is 16. The average molecular weight is 385 g/mol. The average Bonchev–Trinajstić information content (AvgIpc) is 2.57. The SMILES string of the molecule is CCC(CCCCCCCCCC(=O)OC(C)C)C(CC)C(=O)OC(C)C. The summed E-state index contributed by atoms with van der Waals surface area (Å²) in [5.41, 5.74) is 0. The highest BCUT2D eigenvalue weighted by Gasteiger charge is 2.27. The van der Waals surface area contributed by atoms with E-state index in [0.29, 0.717) is 12.3 Å². The molecular weight excluding hydrogens is 340 g/mol. The fraction of sp³-hybridized carbons (Fsp3) is 0.913. The van der Waals surface area contributed by atoms with E-state index in [9.17, 15) is 9.59 Å². The molecule has 27 heavy (non-hydrogen) atoms. The maximum atomic E-state index is 12.3. The number of esters is 2. The zero-order chi connectivity index (χ0) is 20.7. The van der Waals surface area contributed by atoms with E-state index in [4.69, 9.17) is 9.47 Å². The van der Waals surface area contributed by atoms with Crippen LogP contribution in [0.3, 0.4) is 0 Å². The molecule has 4 nitrogen and oxygen atoms in total. The molecule has 0 aliphatic heterocycles. The Morgan fingerprint density at radius 3 is 1.70 bits per heavy atom.